The van der Waals surface area contributed by atoms with Crippen LogP contribution in [-0.4, -0.2) is 13.7 Å². The van der Waals surface area contributed by atoms with Crippen LogP contribution in [0.3, 0.4) is 0 Å². The van der Waals surface area contributed by atoms with Gasteiger partial charge in [0.2, 0.25) is 0 Å². The normalized spacial score (nSPS) is 12.6. The van der Waals surface area contributed by atoms with Crippen molar-refractivity contribution in [3.63, 3.8) is 0 Å². The van der Waals surface area contributed by atoms with Gasteiger partial charge in [-0.3, -0.25) is 0 Å². The first-order chi connectivity index (χ1) is 6.19. The van der Waals surface area contributed by atoms with E-state index in [2.05, 4.69) is 28.6 Å². The van der Waals surface area contributed by atoms with Crippen LogP contribution >= 0.6 is 28.6 Å². The van der Waals surface area contributed by atoms with E-state index in [9.17, 15) is 0 Å². The second-order valence-corrected chi connectivity index (χ2v) is 4.18. The number of ether oxygens (including phenoxy) is 1. The number of rotatable bonds is 3. The maximum Gasteiger partial charge on any atom is 0.123 e. The Bertz CT molecular complexity index is 293. The summed E-state index contributed by atoms with van der Waals surface area (Å²) in [5, 5.41) is 0.0208. The van der Waals surface area contributed by atoms with Crippen molar-refractivity contribution in [2.45, 2.75) is 5.25 Å². The Morgan fingerprint density at radius 3 is 2.85 bits per heavy atom. The topological polar surface area (TPSA) is 35.2 Å². The molecule has 1 aromatic rings. The van der Waals surface area contributed by atoms with E-state index in [1.54, 1.807) is 7.11 Å². The van der Waals surface area contributed by atoms with Crippen LogP contribution < -0.4 is 10.5 Å². The number of hydrogen-bond acceptors (Lipinski definition) is 3. The number of thiol groups is 1. The smallest absolute Gasteiger partial charge is 0.123 e. The fraction of sp³-hybridized carbons (Fsp3) is 0.333. The first-order valence-corrected chi connectivity index (χ1v) is 5.21. The van der Waals surface area contributed by atoms with Crippen molar-refractivity contribution in [1.29, 1.82) is 0 Å². The van der Waals surface area contributed by atoms with Gasteiger partial charge in [0.1, 0.15) is 5.75 Å². The average Bonchev–Trinajstić information content (AvgIpc) is 2.16. The van der Waals surface area contributed by atoms with Crippen LogP contribution in [0.4, 0.5) is 0 Å². The standard InChI is InChI=1S/C9H12BrNOS/c1-12-8-3-2-6(10)4-7(8)9(13)5-11/h2-4,9,13H,5,11H2,1H3. The summed E-state index contributed by atoms with van der Waals surface area (Å²) in [6, 6.07) is 5.81. The molecular weight excluding hydrogens is 250 g/mol. The molecule has 0 bridgehead atoms. The molecule has 2 N–H and O–H groups in total. The van der Waals surface area contributed by atoms with E-state index in [0.29, 0.717) is 6.54 Å². The van der Waals surface area contributed by atoms with Crippen molar-refractivity contribution in [3.8, 4) is 5.75 Å². The zero-order chi connectivity index (χ0) is 9.84. The summed E-state index contributed by atoms with van der Waals surface area (Å²) < 4.78 is 6.21. The first-order valence-electron chi connectivity index (χ1n) is 3.90. The average molecular weight is 262 g/mol. The molecule has 1 rings (SSSR count). The number of methoxy groups -OCH3 is 1. The van der Waals surface area contributed by atoms with Crippen molar-refractivity contribution in [3.05, 3.63) is 28.2 Å². The molecule has 0 aliphatic heterocycles. The molecule has 1 aromatic carbocycles. The molecule has 72 valence electrons. The van der Waals surface area contributed by atoms with Gasteiger partial charge in [-0.05, 0) is 18.2 Å². The first kappa shape index (κ1) is 10.9. The van der Waals surface area contributed by atoms with Crippen molar-refractivity contribution >= 4 is 28.6 Å². The van der Waals surface area contributed by atoms with Crippen LogP contribution in [0.2, 0.25) is 0 Å². The number of halogens is 1. The molecule has 0 saturated heterocycles. The van der Waals surface area contributed by atoms with Gasteiger partial charge in [0.25, 0.3) is 0 Å². The van der Waals surface area contributed by atoms with Crippen molar-refractivity contribution in [2.24, 2.45) is 5.73 Å². The maximum atomic E-state index is 5.53. The third-order valence-corrected chi connectivity index (χ3v) is 2.76. The summed E-state index contributed by atoms with van der Waals surface area (Å²) in [4.78, 5) is 0. The largest absolute Gasteiger partial charge is 0.496 e. The fourth-order valence-corrected chi connectivity index (χ4v) is 1.67. The van der Waals surface area contributed by atoms with Crippen LogP contribution in [-0.2, 0) is 0 Å². The zero-order valence-electron chi connectivity index (χ0n) is 7.33. The Balaban J connectivity index is 3.07. The van der Waals surface area contributed by atoms with Gasteiger partial charge in [0, 0.05) is 21.8 Å². The van der Waals surface area contributed by atoms with E-state index < -0.39 is 0 Å². The lowest BCUT2D eigenvalue weighted by Gasteiger charge is -2.13. The molecular formula is C9H12BrNOS. The molecule has 0 fully saturated rings. The molecule has 0 aliphatic rings. The lowest BCUT2D eigenvalue weighted by Crippen LogP contribution is -2.08. The summed E-state index contributed by atoms with van der Waals surface area (Å²) in [5.74, 6) is 0.827. The van der Waals surface area contributed by atoms with E-state index >= 15 is 0 Å². The molecule has 1 atom stereocenters. The van der Waals surface area contributed by atoms with E-state index in [1.165, 1.54) is 0 Å². The minimum absolute atomic E-state index is 0.0208. The summed E-state index contributed by atoms with van der Waals surface area (Å²) in [6.07, 6.45) is 0. The molecule has 0 saturated carbocycles. The lowest BCUT2D eigenvalue weighted by atomic mass is 10.1. The van der Waals surface area contributed by atoms with Crippen LogP contribution in [0.5, 0.6) is 5.75 Å². The monoisotopic (exact) mass is 261 g/mol. The summed E-state index contributed by atoms with van der Waals surface area (Å²) in [6.45, 7) is 0.496. The summed E-state index contributed by atoms with van der Waals surface area (Å²) in [7, 11) is 1.64. The molecule has 13 heavy (non-hydrogen) atoms. The van der Waals surface area contributed by atoms with Gasteiger partial charge >= 0.3 is 0 Å². The van der Waals surface area contributed by atoms with Gasteiger partial charge in [-0.25, -0.2) is 0 Å². The maximum absolute atomic E-state index is 5.53. The molecule has 0 heterocycles. The predicted octanol–water partition coefficient (Wildman–Crippen LogP) is 2.39. The molecule has 0 aliphatic carbocycles. The third kappa shape index (κ3) is 2.62. The van der Waals surface area contributed by atoms with E-state index in [-0.39, 0.29) is 5.25 Å². The highest BCUT2D eigenvalue weighted by Gasteiger charge is 2.10. The highest BCUT2D eigenvalue weighted by atomic mass is 79.9. The zero-order valence-corrected chi connectivity index (χ0v) is 9.81. The van der Waals surface area contributed by atoms with Crippen LogP contribution in [0.25, 0.3) is 0 Å². The predicted molar refractivity (Wildman–Crippen MR) is 61.5 cm³/mol. The molecule has 4 heteroatoms. The molecule has 0 aromatic heterocycles. The Hall–Kier alpha value is -0.190. The Morgan fingerprint density at radius 2 is 2.31 bits per heavy atom. The van der Waals surface area contributed by atoms with Gasteiger partial charge in [0.15, 0.2) is 0 Å². The molecule has 1 unspecified atom stereocenters. The fourth-order valence-electron chi connectivity index (χ4n) is 1.09. The van der Waals surface area contributed by atoms with E-state index in [0.717, 1.165) is 15.8 Å². The van der Waals surface area contributed by atoms with E-state index in [1.807, 2.05) is 18.2 Å². The molecule has 2 nitrogen and oxygen atoms in total. The van der Waals surface area contributed by atoms with Gasteiger partial charge < -0.3 is 10.5 Å². The van der Waals surface area contributed by atoms with Gasteiger partial charge in [-0.15, -0.1) is 0 Å². The van der Waals surface area contributed by atoms with Gasteiger partial charge in [0.05, 0.1) is 7.11 Å². The highest BCUT2D eigenvalue weighted by molar-refractivity contribution is 9.10. The summed E-state index contributed by atoms with van der Waals surface area (Å²) >= 11 is 7.76. The second-order valence-electron chi connectivity index (χ2n) is 2.64. The van der Waals surface area contributed by atoms with Crippen LogP contribution in [0, 0.1) is 0 Å². The Morgan fingerprint density at radius 1 is 1.62 bits per heavy atom. The van der Waals surface area contributed by atoms with Crippen molar-refractivity contribution in [1.82, 2.24) is 0 Å². The lowest BCUT2D eigenvalue weighted by molar-refractivity contribution is 0.409. The van der Waals surface area contributed by atoms with Gasteiger partial charge in [-0.2, -0.15) is 12.6 Å². The molecule has 0 amide bonds. The Kier molecular flexibility index (Phi) is 4.09. The quantitative estimate of drug-likeness (QED) is 0.820. The highest BCUT2D eigenvalue weighted by Crippen LogP contribution is 2.30. The van der Waals surface area contributed by atoms with Crippen molar-refractivity contribution in [2.75, 3.05) is 13.7 Å². The van der Waals surface area contributed by atoms with Crippen LogP contribution in [0.15, 0.2) is 22.7 Å². The Labute approximate surface area is 92.0 Å². The number of hydrogen-bond donors (Lipinski definition) is 2. The molecule has 0 spiro atoms. The number of benzene rings is 1. The summed E-state index contributed by atoms with van der Waals surface area (Å²) in [5.41, 5.74) is 6.55. The van der Waals surface area contributed by atoms with E-state index in [4.69, 9.17) is 10.5 Å². The minimum atomic E-state index is 0.0208. The van der Waals surface area contributed by atoms with Gasteiger partial charge in [-0.1, -0.05) is 15.9 Å². The van der Waals surface area contributed by atoms with Crippen molar-refractivity contribution < 1.29 is 4.74 Å². The van der Waals surface area contributed by atoms with Crippen LogP contribution in [0.1, 0.15) is 10.8 Å². The minimum Gasteiger partial charge on any atom is -0.496 e. The molecule has 0 radical (unpaired) electrons. The second kappa shape index (κ2) is 4.88. The SMILES string of the molecule is COc1ccc(Br)cc1C(S)CN. The third-order valence-electron chi connectivity index (χ3n) is 1.77. The number of nitrogens with two attached hydrogens (primary N) is 1.